The molecule has 0 saturated carbocycles. The van der Waals surface area contributed by atoms with Gasteiger partial charge in [0.2, 0.25) is 5.88 Å². The van der Waals surface area contributed by atoms with Crippen molar-refractivity contribution in [2.24, 2.45) is 4.99 Å². The molecule has 0 bridgehead atoms. The van der Waals surface area contributed by atoms with Gasteiger partial charge in [0.25, 0.3) is 0 Å². The first-order valence-electron chi connectivity index (χ1n) is 6.80. The predicted octanol–water partition coefficient (Wildman–Crippen LogP) is 2.74. The van der Waals surface area contributed by atoms with E-state index in [-0.39, 0.29) is 0 Å². The van der Waals surface area contributed by atoms with Crippen LogP contribution in [-0.2, 0) is 6.54 Å². The van der Waals surface area contributed by atoms with E-state index >= 15 is 0 Å². The number of rotatable bonds is 6. The van der Waals surface area contributed by atoms with E-state index in [1.54, 1.807) is 30.5 Å². The predicted molar refractivity (Wildman–Crippen MR) is 86.9 cm³/mol. The lowest BCUT2D eigenvalue weighted by Gasteiger charge is -2.11. The first kappa shape index (κ1) is 15.6. The normalized spacial score (nSPS) is 11.1. The summed E-state index contributed by atoms with van der Waals surface area (Å²) in [6, 6.07) is 2.02. The highest BCUT2D eigenvalue weighted by Gasteiger charge is 2.10. The quantitative estimate of drug-likeness (QED) is 0.607. The van der Waals surface area contributed by atoms with Crippen LogP contribution in [0.4, 0.5) is 0 Å². The highest BCUT2D eigenvalue weighted by atomic mass is 16.5. The third-order valence-corrected chi connectivity index (χ3v) is 2.90. The minimum absolute atomic E-state index is 0.551. The van der Waals surface area contributed by atoms with Gasteiger partial charge in [-0.3, -0.25) is 4.99 Å². The molecule has 0 aliphatic heterocycles. The Morgan fingerprint density at radius 3 is 2.86 bits per heavy atom. The molecule has 0 amide bonds. The van der Waals surface area contributed by atoms with E-state index in [4.69, 9.17) is 4.74 Å². The maximum atomic E-state index is 5.37. The Morgan fingerprint density at radius 2 is 2.27 bits per heavy atom. The van der Waals surface area contributed by atoms with E-state index in [9.17, 15) is 0 Å². The third kappa shape index (κ3) is 3.88. The average molecular weight is 297 g/mol. The lowest BCUT2D eigenvalue weighted by molar-refractivity contribution is 0.396. The monoisotopic (exact) mass is 297 g/mol. The molecule has 2 rings (SSSR count). The van der Waals surface area contributed by atoms with Crippen molar-refractivity contribution in [3.8, 4) is 5.88 Å². The first-order chi connectivity index (χ1) is 10.6. The zero-order valence-corrected chi connectivity index (χ0v) is 13.0. The fourth-order valence-corrected chi connectivity index (χ4v) is 2.05. The van der Waals surface area contributed by atoms with Gasteiger partial charge in [0.15, 0.2) is 0 Å². The SMILES string of the molecule is C=NC=C(C=C(C)C)c1cc(Cn2cncn2)cnc1OC. The number of methoxy groups -OCH3 is 1. The van der Waals surface area contributed by atoms with Crippen molar-refractivity contribution in [3.05, 3.63) is 53.9 Å². The summed E-state index contributed by atoms with van der Waals surface area (Å²) in [5.74, 6) is 0.551. The second-order valence-electron chi connectivity index (χ2n) is 4.98. The number of hydrogen-bond acceptors (Lipinski definition) is 5. The smallest absolute Gasteiger partial charge is 0.221 e. The van der Waals surface area contributed by atoms with Crippen LogP contribution in [0.25, 0.3) is 5.57 Å². The molecular formula is C16H19N5O. The molecule has 0 unspecified atom stereocenters. The Morgan fingerprint density at radius 1 is 1.45 bits per heavy atom. The fraction of sp³-hybridized carbons (Fsp3) is 0.250. The van der Waals surface area contributed by atoms with Crippen LogP contribution in [0.2, 0.25) is 0 Å². The Balaban J connectivity index is 2.45. The van der Waals surface area contributed by atoms with E-state index in [0.29, 0.717) is 12.4 Å². The van der Waals surface area contributed by atoms with Gasteiger partial charge in [0.1, 0.15) is 12.7 Å². The number of ether oxygens (including phenoxy) is 1. The highest BCUT2D eigenvalue weighted by Crippen LogP contribution is 2.27. The summed E-state index contributed by atoms with van der Waals surface area (Å²) < 4.78 is 7.11. The maximum Gasteiger partial charge on any atom is 0.221 e. The topological polar surface area (TPSA) is 65.2 Å². The second kappa shape index (κ2) is 7.31. The van der Waals surface area contributed by atoms with Gasteiger partial charge >= 0.3 is 0 Å². The molecule has 0 spiro atoms. The number of pyridine rings is 1. The van der Waals surface area contributed by atoms with Crippen molar-refractivity contribution in [2.45, 2.75) is 20.4 Å². The average Bonchev–Trinajstić information content (AvgIpc) is 2.99. The van der Waals surface area contributed by atoms with Gasteiger partial charge in [0, 0.05) is 23.5 Å². The zero-order chi connectivity index (χ0) is 15.9. The Bertz CT molecular complexity index is 697. The van der Waals surface area contributed by atoms with Crippen molar-refractivity contribution in [3.63, 3.8) is 0 Å². The molecule has 0 atom stereocenters. The van der Waals surface area contributed by atoms with Gasteiger partial charge in [-0.2, -0.15) is 5.10 Å². The summed E-state index contributed by atoms with van der Waals surface area (Å²) in [7, 11) is 1.60. The van der Waals surface area contributed by atoms with E-state index < -0.39 is 0 Å². The summed E-state index contributed by atoms with van der Waals surface area (Å²) in [4.78, 5) is 12.2. The minimum atomic E-state index is 0.551. The molecule has 0 saturated heterocycles. The van der Waals surface area contributed by atoms with Gasteiger partial charge in [-0.15, -0.1) is 0 Å². The lowest BCUT2D eigenvalue weighted by atomic mass is 10.0. The molecule has 0 N–H and O–H groups in total. The van der Waals surface area contributed by atoms with E-state index in [0.717, 1.165) is 22.3 Å². The number of allylic oxidation sites excluding steroid dienone is 3. The summed E-state index contributed by atoms with van der Waals surface area (Å²) >= 11 is 0. The molecule has 0 aromatic carbocycles. The molecule has 2 aromatic heterocycles. The molecule has 22 heavy (non-hydrogen) atoms. The maximum absolute atomic E-state index is 5.37. The van der Waals surface area contributed by atoms with E-state index in [2.05, 4.69) is 26.8 Å². The molecule has 114 valence electrons. The molecule has 0 fully saturated rings. The van der Waals surface area contributed by atoms with Crippen molar-refractivity contribution in [1.82, 2.24) is 19.7 Å². The molecular weight excluding hydrogens is 278 g/mol. The van der Waals surface area contributed by atoms with Crippen molar-refractivity contribution < 1.29 is 4.74 Å². The zero-order valence-electron chi connectivity index (χ0n) is 13.0. The van der Waals surface area contributed by atoms with Crippen LogP contribution in [0.5, 0.6) is 5.88 Å². The van der Waals surface area contributed by atoms with Crippen LogP contribution >= 0.6 is 0 Å². The molecule has 2 aromatic rings. The summed E-state index contributed by atoms with van der Waals surface area (Å²) in [6.45, 7) is 8.17. The van der Waals surface area contributed by atoms with Crippen molar-refractivity contribution in [1.29, 1.82) is 0 Å². The second-order valence-corrected chi connectivity index (χ2v) is 4.98. The van der Waals surface area contributed by atoms with Crippen LogP contribution in [0.3, 0.4) is 0 Å². The molecule has 0 radical (unpaired) electrons. The Kier molecular flexibility index (Phi) is 5.19. The molecule has 6 heteroatoms. The largest absolute Gasteiger partial charge is 0.481 e. The lowest BCUT2D eigenvalue weighted by Crippen LogP contribution is -2.03. The van der Waals surface area contributed by atoms with Gasteiger partial charge in [-0.25, -0.2) is 14.6 Å². The molecule has 0 aliphatic rings. The Labute approximate surface area is 129 Å². The van der Waals surface area contributed by atoms with Gasteiger partial charge in [-0.1, -0.05) is 11.6 Å². The number of aromatic nitrogens is 4. The first-order valence-corrected chi connectivity index (χ1v) is 6.80. The van der Waals surface area contributed by atoms with Crippen molar-refractivity contribution in [2.75, 3.05) is 7.11 Å². The number of nitrogens with zero attached hydrogens (tertiary/aromatic N) is 5. The summed E-state index contributed by atoms with van der Waals surface area (Å²) in [5.41, 5.74) is 3.92. The third-order valence-electron chi connectivity index (χ3n) is 2.90. The van der Waals surface area contributed by atoms with E-state index in [1.807, 2.05) is 26.0 Å². The van der Waals surface area contributed by atoms with Gasteiger partial charge in [0.05, 0.1) is 13.7 Å². The molecule has 0 aliphatic carbocycles. The highest BCUT2D eigenvalue weighted by molar-refractivity contribution is 5.77. The minimum Gasteiger partial charge on any atom is -0.481 e. The summed E-state index contributed by atoms with van der Waals surface area (Å²) in [5, 5.41) is 4.10. The standard InChI is InChI=1S/C16H19N5O/c1-12(2)5-14(8-17-3)15-6-13(7-19-16(15)22-4)9-21-11-18-10-20-21/h5-8,10-11H,3,9H2,1-2,4H3. The van der Waals surface area contributed by atoms with Crippen LogP contribution in [0, 0.1) is 0 Å². The van der Waals surface area contributed by atoms with Gasteiger partial charge in [-0.05, 0) is 32.2 Å². The van der Waals surface area contributed by atoms with Crippen LogP contribution in [-0.4, -0.2) is 33.6 Å². The summed E-state index contributed by atoms with van der Waals surface area (Å²) in [6.07, 6.45) is 8.67. The number of hydrogen-bond donors (Lipinski definition) is 0. The number of aliphatic imine (C=N–C) groups is 1. The van der Waals surface area contributed by atoms with Crippen molar-refractivity contribution >= 4 is 12.3 Å². The molecule has 2 heterocycles. The molecule has 6 nitrogen and oxygen atoms in total. The van der Waals surface area contributed by atoms with Crippen LogP contribution in [0.1, 0.15) is 25.0 Å². The van der Waals surface area contributed by atoms with Crippen LogP contribution < -0.4 is 4.74 Å². The van der Waals surface area contributed by atoms with Gasteiger partial charge < -0.3 is 4.74 Å². The van der Waals surface area contributed by atoms with Crippen LogP contribution in [0.15, 0.2) is 47.8 Å². The fourth-order valence-electron chi connectivity index (χ4n) is 2.05. The van der Waals surface area contributed by atoms with E-state index in [1.165, 1.54) is 6.33 Å². The Hall–Kier alpha value is -2.76.